The van der Waals surface area contributed by atoms with Gasteiger partial charge >= 0.3 is 11.9 Å². The second-order valence-electron chi connectivity index (χ2n) is 7.69. The molecule has 0 aliphatic carbocycles. The number of carboxylic acids is 2. The number of unbranched alkanes of at least 4 members (excludes halogenated alkanes) is 1. The van der Waals surface area contributed by atoms with Gasteiger partial charge in [-0.15, -0.1) is 0 Å². The van der Waals surface area contributed by atoms with Crippen molar-refractivity contribution < 1.29 is 44.1 Å². The van der Waals surface area contributed by atoms with Crippen molar-refractivity contribution in [3.05, 3.63) is 0 Å². The quantitative estimate of drug-likeness (QED) is 0.0485. The fourth-order valence-electron chi connectivity index (χ4n) is 2.75. The van der Waals surface area contributed by atoms with Crippen LogP contribution in [0, 0.1) is 0 Å². The van der Waals surface area contributed by atoms with Gasteiger partial charge in [-0.05, 0) is 19.3 Å². The van der Waals surface area contributed by atoms with Gasteiger partial charge in [-0.2, -0.15) is 0 Å². The second-order valence-corrected chi connectivity index (χ2v) is 7.69. The van der Waals surface area contributed by atoms with Gasteiger partial charge < -0.3 is 48.1 Å². The van der Waals surface area contributed by atoms with Gasteiger partial charge in [0.2, 0.25) is 23.6 Å². The molecule has 36 heavy (non-hydrogen) atoms. The van der Waals surface area contributed by atoms with Crippen LogP contribution in [0.4, 0.5) is 0 Å². The van der Waals surface area contributed by atoms with Gasteiger partial charge in [0.05, 0.1) is 19.6 Å². The minimum atomic E-state index is -1.71. The predicted molar refractivity (Wildman–Crippen MR) is 125 cm³/mol. The summed E-state index contributed by atoms with van der Waals surface area (Å²) in [6.45, 7) is 0.475. The minimum absolute atomic E-state index is 0.131. The fourth-order valence-corrected chi connectivity index (χ4v) is 2.75. The van der Waals surface area contributed by atoms with Gasteiger partial charge in [-0.25, -0.2) is 4.79 Å². The summed E-state index contributed by atoms with van der Waals surface area (Å²) in [6.07, 6.45) is 1.20. The summed E-state index contributed by atoms with van der Waals surface area (Å²) >= 11 is 0. The van der Waals surface area contributed by atoms with Crippen LogP contribution in [0.15, 0.2) is 4.99 Å². The number of carboxylic acid groups (broad SMARTS) is 2. The number of amides is 4. The Bertz CT molecular complexity index is 815. The van der Waals surface area contributed by atoms with Crippen LogP contribution >= 0.6 is 0 Å². The lowest BCUT2D eigenvalue weighted by Gasteiger charge is -2.20. The molecule has 4 amide bonds. The van der Waals surface area contributed by atoms with E-state index in [1.165, 1.54) is 0 Å². The molecule has 0 heterocycles. The topological polar surface area (TPSA) is 276 Å². The first kappa shape index (κ1) is 32.0. The fraction of sp³-hybridized carbons (Fsp3) is 0.650. The summed E-state index contributed by atoms with van der Waals surface area (Å²) in [4.78, 5) is 74.9. The first-order chi connectivity index (χ1) is 16.9. The Morgan fingerprint density at radius 1 is 0.861 bits per heavy atom. The zero-order valence-corrected chi connectivity index (χ0v) is 20.0. The monoisotopic (exact) mass is 517 g/mol. The number of aliphatic carboxylic acids is 2. The molecule has 0 saturated heterocycles. The summed E-state index contributed by atoms with van der Waals surface area (Å²) in [6, 6.07) is -4.39. The van der Waals surface area contributed by atoms with Gasteiger partial charge in [0.1, 0.15) is 18.1 Å². The zero-order valence-electron chi connectivity index (χ0n) is 20.0. The molecule has 0 bridgehead atoms. The molecule has 0 radical (unpaired) electrons. The smallest absolute Gasteiger partial charge is 0.328 e. The van der Waals surface area contributed by atoms with Crippen molar-refractivity contribution in [2.75, 3.05) is 19.7 Å². The average molecular weight is 518 g/mol. The lowest BCUT2D eigenvalue weighted by atomic mass is 10.1. The third-order valence-electron chi connectivity index (χ3n) is 4.61. The Kier molecular flexibility index (Phi) is 15.6. The number of nitrogens with two attached hydrogens (primary N) is 2. The third-order valence-corrected chi connectivity index (χ3v) is 4.61. The van der Waals surface area contributed by atoms with Crippen LogP contribution in [0.2, 0.25) is 0 Å². The normalized spacial score (nSPS) is 12.8. The van der Waals surface area contributed by atoms with E-state index in [9.17, 15) is 28.8 Å². The van der Waals surface area contributed by atoms with Gasteiger partial charge in [-0.1, -0.05) is 13.3 Å². The molecule has 0 aliphatic heterocycles. The van der Waals surface area contributed by atoms with Crippen molar-refractivity contribution in [1.29, 1.82) is 0 Å². The highest BCUT2D eigenvalue weighted by molar-refractivity contribution is 5.95. The maximum atomic E-state index is 12.6. The van der Waals surface area contributed by atoms with E-state index < -0.39 is 67.4 Å². The molecule has 0 aromatic carbocycles. The molecule has 0 aromatic rings. The molecule has 11 N–H and O–H groups in total. The van der Waals surface area contributed by atoms with E-state index in [0.717, 1.165) is 6.42 Å². The highest BCUT2D eigenvalue weighted by Gasteiger charge is 2.28. The number of carbonyl (C=O) groups excluding carboxylic acids is 4. The second kappa shape index (κ2) is 17.5. The number of guanidine groups is 1. The summed E-state index contributed by atoms with van der Waals surface area (Å²) in [7, 11) is 0. The van der Waals surface area contributed by atoms with Crippen LogP contribution in [-0.4, -0.2) is 94.7 Å². The lowest BCUT2D eigenvalue weighted by molar-refractivity contribution is -0.144. The molecule has 0 saturated carbocycles. The molecule has 204 valence electrons. The van der Waals surface area contributed by atoms with E-state index in [1.54, 1.807) is 0 Å². The van der Waals surface area contributed by atoms with E-state index in [0.29, 0.717) is 12.8 Å². The van der Waals surface area contributed by atoms with E-state index >= 15 is 0 Å². The van der Waals surface area contributed by atoms with Crippen LogP contribution < -0.4 is 32.7 Å². The zero-order chi connectivity index (χ0) is 27.7. The molecule has 0 aromatic heterocycles. The van der Waals surface area contributed by atoms with Crippen molar-refractivity contribution in [2.24, 2.45) is 16.5 Å². The molecule has 16 nitrogen and oxygen atoms in total. The van der Waals surface area contributed by atoms with Crippen LogP contribution in [0.3, 0.4) is 0 Å². The van der Waals surface area contributed by atoms with Crippen molar-refractivity contribution in [3.8, 4) is 0 Å². The van der Waals surface area contributed by atoms with E-state index in [2.05, 4.69) is 20.9 Å². The molecule has 0 aliphatic rings. The van der Waals surface area contributed by atoms with Gasteiger partial charge in [0, 0.05) is 13.0 Å². The standard InChI is InChI=1S/C20H35N7O9/c1-2-3-6-14(29)25-11(5-4-7-23-20(21)22)17(33)24-9-15(30)26-12(8-16(31)32)18(34)27-13(10-28)19(35)36/h11-13,28H,2-10H2,1H3,(H,24,33)(H,25,29)(H,26,30)(H,27,34)(H,31,32)(H,35,36)(H4,21,22,23)/t11-,12-,13-/m0/s1. The third kappa shape index (κ3) is 14.3. The summed E-state index contributed by atoms with van der Waals surface area (Å²) in [5.41, 5.74) is 10.5. The van der Waals surface area contributed by atoms with Gasteiger partial charge in [0.25, 0.3) is 0 Å². The van der Waals surface area contributed by atoms with E-state index in [4.69, 9.17) is 26.8 Å². The predicted octanol–water partition coefficient (Wildman–Crippen LogP) is -3.65. The first-order valence-corrected chi connectivity index (χ1v) is 11.2. The number of nitrogens with one attached hydrogen (secondary N) is 4. The lowest BCUT2D eigenvalue weighted by Crippen LogP contribution is -2.55. The molecule has 3 atom stereocenters. The summed E-state index contributed by atoms with van der Waals surface area (Å²) < 4.78 is 0. The van der Waals surface area contributed by atoms with Crippen LogP contribution in [-0.2, 0) is 28.8 Å². The highest BCUT2D eigenvalue weighted by atomic mass is 16.4. The Morgan fingerprint density at radius 2 is 1.50 bits per heavy atom. The van der Waals surface area contributed by atoms with Gasteiger partial charge in [0.15, 0.2) is 5.96 Å². The number of aliphatic imine (C=N–C) groups is 1. The van der Waals surface area contributed by atoms with Crippen molar-refractivity contribution in [2.45, 2.75) is 63.6 Å². The molecule has 0 spiro atoms. The molecule has 0 unspecified atom stereocenters. The number of hydrogen-bond acceptors (Lipinski definition) is 8. The SMILES string of the molecule is CCCCC(=O)N[C@@H](CCCN=C(N)N)C(=O)NCC(=O)N[C@@H](CC(=O)O)C(=O)N[C@@H](CO)C(=O)O. The number of hydrogen-bond donors (Lipinski definition) is 9. The van der Waals surface area contributed by atoms with Crippen molar-refractivity contribution >= 4 is 41.5 Å². The number of nitrogens with zero attached hydrogens (tertiary/aromatic N) is 1. The summed E-state index contributed by atoms with van der Waals surface area (Å²) in [5, 5.41) is 35.8. The highest BCUT2D eigenvalue weighted by Crippen LogP contribution is 2.02. The largest absolute Gasteiger partial charge is 0.481 e. The number of rotatable bonds is 18. The van der Waals surface area contributed by atoms with Crippen molar-refractivity contribution in [1.82, 2.24) is 21.3 Å². The van der Waals surface area contributed by atoms with Crippen LogP contribution in [0.25, 0.3) is 0 Å². The van der Waals surface area contributed by atoms with Crippen LogP contribution in [0.1, 0.15) is 45.4 Å². The molecular weight excluding hydrogens is 482 g/mol. The Morgan fingerprint density at radius 3 is 2.03 bits per heavy atom. The number of aliphatic hydroxyl groups is 1. The summed E-state index contributed by atoms with van der Waals surface area (Å²) in [5.74, 6) is -6.33. The molecular formula is C20H35N7O9. The van der Waals surface area contributed by atoms with E-state index in [-0.39, 0.29) is 31.3 Å². The number of aliphatic hydroxyl groups excluding tert-OH is 1. The van der Waals surface area contributed by atoms with Crippen molar-refractivity contribution in [3.63, 3.8) is 0 Å². The molecule has 0 fully saturated rings. The van der Waals surface area contributed by atoms with Crippen LogP contribution in [0.5, 0.6) is 0 Å². The first-order valence-electron chi connectivity index (χ1n) is 11.2. The Hall–Kier alpha value is -3.95. The number of carbonyl (C=O) groups is 6. The molecule has 16 heteroatoms. The Balaban J connectivity index is 5.11. The van der Waals surface area contributed by atoms with E-state index in [1.807, 2.05) is 12.2 Å². The average Bonchev–Trinajstić information content (AvgIpc) is 2.80. The maximum absolute atomic E-state index is 12.6. The minimum Gasteiger partial charge on any atom is -0.481 e. The molecule has 0 rings (SSSR count). The Labute approximate surface area is 207 Å². The maximum Gasteiger partial charge on any atom is 0.328 e. The van der Waals surface area contributed by atoms with Gasteiger partial charge in [-0.3, -0.25) is 29.0 Å².